The Morgan fingerprint density at radius 3 is 2.62 bits per heavy atom. The first-order valence-electron chi connectivity index (χ1n) is 7.70. The average Bonchev–Trinajstić information content (AvgIpc) is 2.48. The lowest BCUT2D eigenvalue weighted by Gasteiger charge is -2.31. The van der Waals surface area contributed by atoms with E-state index in [0.29, 0.717) is 13.0 Å². The number of benzene rings is 1. The highest BCUT2D eigenvalue weighted by Crippen LogP contribution is 2.26. The Bertz CT molecular complexity index is 452. The molecule has 2 N–H and O–H groups in total. The van der Waals surface area contributed by atoms with E-state index in [9.17, 15) is 9.90 Å². The molecule has 0 radical (unpaired) electrons. The van der Waals surface area contributed by atoms with Gasteiger partial charge in [0.15, 0.2) is 0 Å². The van der Waals surface area contributed by atoms with Gasteiger partial charge in [-0.3, -0.25) is 4.79 Å². The molecule has 116 valence electrons. The van der Waals surface area contributed by atoms with Crippen LogP contribution in [0, 0.1) is 6.92 Å². The van der Waals surface area contributed by atoms with Gasteiger partial charge in [-0.1, -0.05) is 29.8 Å². The van der Waals surface area contributed by atoms with Crippen molar-refractivity contribution in [3.8, 4) is 0 Å². The highest BCUT2D eigenvalue weighted by molar-refractivity contribution is 7.99. The molecule has 0 atom stereocenters. The van der Waals surface area contributed by atoms with E-state index in [1.807, 2.05) is 11.8 Å². The number of hydrogen-bond acceptors (Lipinski definition) is 3. The van der Waals surface area contributed by atoms with Crippen molar-refractivity contribution in [3.05, 3.63) is 35.4 Å². The number of hydrogen-bond donors (Lipinski definition) is 2. The second-order valence-corrected chi connectivity index (χ2v) is 7.18. The molecule has 1 aromatic rings. The molecule has 1 amide bonds. The number of aliphatic hydroxyl groups is 1. The van der Waals surface area contributed by atoms with Crippen LogP contribution in [0.2, 0.25) is 0 Å². The van der Waals surface area contributed by atoms with Crippen molar-refractivity contribution in [2.75, 3.05) is 18.1 Å². The summed E-state index contributed by atoms with van der Waals surface area (Å²) in [6.45, 7) is 2.47. The minimum absolute atomic E-state index is 0.0498. The highest BCUT2D eigenvalue weighted by Gasteiger charge is 2.29. The lowest BCUT2D eigenvalue weighted by atomic mass is 9.97. The molecule has 0 bridgehead atoms. The van der Waals surface area contributed by atoms with Crippen molar-refractivity contribution in [2.24, 2.45) is 0 Å². The lowest BCUT2D eigenvalue weighted by molar-refractivity contribution is -0.122. The summed E-state index contributed by atoms with van der Waals surface area (Å²) in [5.41, 5.74) is 1.85. The Morgan fingerprint density at radius 2 is 1.95 bits per heavy atom. The van der Waals surface area contributed by atoms with Gasteiger partial charge in [-0.25, -0.2) is 0 Å². The van der Waals surface area contributed by atoms with Gasteiger partial charge in [-0.15, -0.1) is 0 Å². The molecule has 21 heavy (non-hydrogen) atoms. The molecule has 0 aliphatic carbocycles. The maximum Gasteiger partial charge on any atom is 0.220 e. The van der Waals surface area contributed by atoms with Gasteiger partial charge in [0.1, 0.15) is 0 Å². The van der Waals surface area contributed by atoms with Crippen LogP contribution in [-0.2, 0) is 11.2 Å². The van der Waals surface area contributed by atoms with Crippen LogP contribution in [0.15, 0.2) is 24.3 Å². The summed E-state index contributed by atoms with van der Waals surface area (Å²) in [5.74, 6) is 2.02. The molecular weight excluding hydrogens is 282 g/mol. The summed E-state index contributed by atoms with van der Waals surface area (Å²) in [4.78, 5) is 11.8. The van der Waals surface area contributed by atoms with E-state index in [1.165, 1.54) is 11.1 Å². The maximum absolute atomic E-state index is 11.8. The summed E-state index contributed by atoms with van der Waals surface area (Å²) in [6, 6.07) is 8.45. The predicted molar refractivity (Wildman–Crippen MR) is 88.6 cm³/mol. The minimum atomic E-state index is -0.683. The second-order valence-electron chi connectivity index (χ2n) is 5.95. The van der Waals surface area contributed by atoms with E-state index in [2.05, 4.69) is 36.5 Å². The third-order valence-electron chi connectivity index (χ3n) is 4.03. The summed E-state index contributed by atoms with van der Waals surface area (Å²) < 4.78 is 0. The Morgan fingerprint density at radius 1 is 1.29 bits per heavy atom. The number of carbonyl (C=O) groups is 1. The van der Waals surface area contributed by atoms with Crippen molar-refractivity contribution in [1.29, 1.82) is 0 Å². The van der Waals surface area contributed by atoms with E-state index in [-0.39, 0.29) is 5.91 Å². The van der Waals surface area contributed by atoms with Crippen LogP contribution in [-0.4, -0.2) is 34.7 Å². The number of thioether (sulfide) groups is 1. The molecule has 0 spiro atoms. The molecule has 1 aliphatic heterocycles. The van der Waals surface area contributed by atoms with Crippen molar-refractivity contribution in [1.82, 2.24) is 5.32 Å². The van der Waals surface area contributed by atoms with Gasteiger partial charge >= 0.3 is 0 Å². The smallest absolute Gasteiger partial charge is 0.220 e. The van der Waals surface area contributed by atoms with Gasteiger partial charge in [-0.05, 0) is 49.7 Å². The molecule has 4 heteroatoms. The molecule has 1 aromatic carbocycles. The lowest BCUT2D eigenvalue weighted by Crippen LogP contribution is -2.45. The number of aryl methyl sites for hydroxylation is 2. The van der Waals surface area contributed by atoms with Crippen molar-refractivity contribution < 1.29 is 9.90 Å². The van der Waals surface area contributed by atoms with Gasteiger partial charge in [-0.2, -0.15) is 11.8 Å². The Hall–Kier alpha value is -1.00. The predicted octanol–water partition coefficient (Wildman–Crippen LogP) is 2.69. The van der Waals surface area contributed by atoms with Crippen LogP contribution in [0.5, 0.6) is 0 Å². The molecular formula is C17H25NO2S. The van der Waals surface area contributed by atoms with Crippen LogP contribution in [0.1, 0.15) is 36.8 Å². The van der Waals surface area contributed by atoms with Crippen LogP contribution < -0.4 is 5.32 Å². The molecule has 2 rings (SSSR count). The zero-order chi connectivity index (χ0) is 15.1. The van der Waals surface area contributed by atoms with Gasteiger partial charge in [0, 0.05) is 13.0 Å². The highest BCUT2D eigenvalue weighted by atomic mass is 32.2. The monoisotopic (exact) mass is 307 g/mol. The molecule has 0 saturated carbocycles. The maximum atomic E-state index is 11.8. The van der Waals surface area contributed by atoms with E-state index >= 15 is 0 Å². The normalized spacial score (nSPS) is 17.4. The molecule has 1 fully saturated rings. The quantitative estimate of drug-likeness (QED) is 0.849. The number of amides is 1. The topological polar surface area (TPSA) is 49.3 Å². The number of rotatable bonds is 6. The standard InChI is InChI=1S/C17H25NO2S/c1-14-5-7-15(8-6-14)3-2-4-16(19)18-13-17(20)9-11-21-12-10-17/h5-8,20H,2-4,9-13H2,1H3,(H,18,19). The van der Waals surface area contributed by atoms with Gasteiger partial charge in [0.2, 0.25) is 5.91 Å². The van der Waals surface area contributed by atoms with Crippen molar-refractivity contribution in [3.63, 3.8) is 0 Å². The zero-order valence-corrected chi connectivity index (χ0v) is 13.5. The summed E-state index contributed by atoms with van der Waals surface area (Å²) in [7, 11) is 0. The van der Waals surface area contributed by atoms with Crippen LogP contribution in [0.4, 0.5) is 0 Å². The van der Waals surface area contributed by atoms with E-state index < -0.39 is 5.60 Å². The first kappa shape index (κ1) is 16.4. The Balaban J connectivity index is 1.64. The summed E-state index contributed by atoms with van der Waals surface area (Å²) in [6.07, 6.45) is 3.86. The Kier molecular flexibility index (Phi) is 6.12. The van der Waals surface area contributed by atoms with Crippen LogP contribution >= 0.6 is 11.8 Å². The fourth-order valence-electron chi connectivity index (χ4n) is 2.49. The third kappa shape index (κ3) is 5.71. The number of carbonyl (C=O) groups excluding carboxylic acids is 1. The molecule has 0 aromatic heterocycles. The summed E-state index contributed by atoms with van der Waals surface area (Å²) in [5, 5.41) is 13.2. The van der Waals surface area contributed by atoms with Gasteiger partial charge in [0.25, 0.3) is 0 Å². The van der Waals surface area contributed by atoms with Crippen molar-refractivity contribution >= 4 is 17.7 Å². The van der Waals surface area contributed by atoms with Gasteiger partial charge in [0.05, 0.1) is 5.60 Å². The summed E-state index contributed by atoms with van der Waals surface area (Å²) >= 11 is 1.87. The van der Waals surface area contributed by atoms with E-state index in [0.717, 1.165) is 37.2 Å². The molecule has 0 unspecified atom stereocenters. The largest absolute Gasteiger partial charge is 0.388 e. The number of nitrogens with one attached hydrogen (secondary N) is 1. The first-order valence-corrected chi connectivity index (χ1v) is 8.85. The van der Waals surface area contributed by atoms with Crippen molar-refractivity contribution in [2.45, 2.75) is 44.6 Å². The SMILES string of the molecule is Cc1ccc(CCCC(=O)NCC2(O)CCSCC2)cc1. The third-order valence-corrected chi connectivity index (χ3v) is 5.01. The minimum Gasteiger partial charge on any atom is -0.388 e. The molecule has 1 heterocycles. The first-order chi connectivity index (χ1) is 10.1. The van der Waals surface area contributed by atoms with Crippen LogP contribution in [0.3, 0.4) is 0 Å². The van der Waals surface area contributed by atoms with E-state index in [1.54, 1.807) is 0 Å². The average molecular weight is 307 g/mol. The molecule has 3 nitrogen and oxygen atoms in total. The fourth-order valence-corrected chi connectivity index (χ4v) is 3.74. The van der Waals surface area contributed by atoms with Crippen LogP contribution in [0.25, 0.3) is 0 Å². The zero-order valence-electron chi connectivity index (χ0n) is 12.7. The second kappa shape index (κ2) is 7.85. The molecule has 1 saturated heterocycles. The fraction of sp³-hybridized carbons (Fsp3) is 0.588. The Labute approximate surface area is 131 Å². The molecule has 1 aliphatic rings. The van der Waals surface area contributed by atoms with E-state index in [4.69, 9.17) is 0 Å². The van der Waals surface area contributed by atoms with Gasteiger partial charge < -0.3 is 10.4 Å².